The molecule has 1 aromatic carbocycles. The first kappa shape index (κ1) is 10.4. The number of Topliss-reactive ketones (excluding diaryl/α,β-unsaturated/α-hetero) is 1. The summed E-state index contributed by atoms with van der Waals surface area (Å²) in [5.74, 6) is 0.0705. The van der Waals surface area contributed by atoms with E-state index in [-0.39, 0.29) is 33.5 Å². The van der Waals surface area contributed by atoms with Crippen LogP contribution in [0.3, 0.4) is 0 Å². The number of hydrogen-bond donors (Lipinski definition) is 1. The van der Waals surface area contributed by atoms with Gasteiger partial charge in [0, 0.05) is 17.7 Å². The molecule has 2 aromatic rings. The SMILES string of the molecule is CC(=O)c1cc(O)cc2oc(C)cc(=O)c12. The van der Waals surface area contributed by atoms with E-state index >= 15 is 0 Å². The summed E-state index contributed by atoms with van der Waals surface area (Å²) in [7, 11) is 0. The molecule has 82 valence electrons. The third-order valence-corrected chi connectivity index (χ3v) is 2.32. The van der Waals surface area contributed by atoms with Crippen molar-refractivity contribution in [1.82, 2.24) is 0 Å². The van der Waals surface area contributed by atoms with E-state index < -0.39 is 0 Å². The second kappa shape index (κ2) is 3.48. The lowest BCUT2D eigenvalue weighted by Gasteiger charge is -2.04. The third kappa shape index (κ3) is 1.58. The van der Waals surface area contributed by atoms with Gasteiger partial charge in [-0.15, -0.1) is 0 Å². The lowest BCUT2D eigenvalue weighted by Crippen LogP contribution is -2.06. The Kier molecular flexibility index (Phi) is 2.27. The first-order chi connectivity index (χ1) is 7.49. The summed E-state index contributed by atoms with van der Waals surface area (Å²) in [6.45, 7) is 2.98. The van der Waals surface area contributed by atoms with E-state index in [0.717, 1.165) is 0 Å². The van der Waals surface area contributed by atoms with Gasteiger partial charge in [0.05, 0.1) is 5.39 Å². The van der Waals surface area contributed by atoms with Gasteiger partial charge < -0.3 is 9.52 Å². The molecule has 1 N–H and O–H groups in total. The molecule has 0 atom stereocenters. The predicted octanol–water partition coefficient (Wildman–Crippen LogP) is 2.01. The fourth-order valence-corrected chi connectivity index (χ4v) is 1.67. The largest absolute Gasteiger partial charge is 0.508 e. The molecule has 0 aliphatic heterocycles. The van der Waals surface area contributed by atoms with Crippen LogP contribution in [0.15, 0.2) is 27.4 Å². The van der Waals surface area contributed by atoms with Crippen LogP contribution in [0.25, 0.3) is 11.0 Å². The van der Waals surface area contributed by atoms with Crippen molar-refractivity contribution in [2.75, 3.05) is 0 Å². The number of benzene rings is 1. The molecule has 4 heteroatoms. The number of phenolic OH excluding ortho intramolecular Hbond substituents is 1. The molecule has 0 bridgehead atoms. The van der Waals surface area contributed by atoms with Crippen LogP contribution in [0.5, 0.6) is 5.75 Å². The summed E-state index contributed by atoms with van der Waals surface area (Å²) in [6, 6.07) is 3.93. The van der Waals surface area contributed by atoms with E-state index in [1.807, 2.05) is 0 Å². The van der Waals surface area contributed by atoms with Gasteiger partial charge in [-0.3, -0.25) is 9.59 Å². The summed E-state index contributed by atoms with van der Waals surface area (Å²) < 4.78 is 5.30. The smallest absolute Gasteiger partial charge is 0.193 e. The van der Waals surface area contributed by atoms with E-state index in [1.165, 1.54) is 25.1 Å². The van der Waals surface area contributed by atoms with Crippen molar-refractivity contribution in [1.29, 1.82) is 0 Å². The van der Waals surface area contributed by atoms with Gasteiger partial charge in [0.25, 0.3) is 0 Å². The highest BCUT2D eigenvalue weighted by atomic mass is 16.3. The highest BCUT2D eigenvalue weighted by Crippen LogP contribution is 2.23. The molecule has 0 radical (unpaired) electrons. The summed E-state index contributed by atoms with van der Waals surface area (Å²) >= 11 is 0. The number of aryl methyl sites for hydroxylation is 1. The number of ketones is 1. The topological polar surface area (TPSA) is 67.5 Å². The zero-order valence-corrected chi connectivity index (χ0v) is 8.90. The van der Waals surface area contributed by atoms with E-state index in [2.05, 4.69) is 0 Å². The minimum atomic E-state index is -0.281. The maximum Gasteiger partial charge on any atom is 0.193 e. The Labute approximate surface area is 91.1 Å². The summed E-state index contributed by atoms with van der Waals surface area (Å²) in [6.07, 6.45) is 0. The van der Waals surface area contributed by atoms with Crippen LogP contribution in [-0.2, 0) is 0 Å². The number of aromatic hydroxyl groups is 1. The third-order valence-electron chi connectivity index (χ3n) is 2.32. The van der Waals surface area contributed by atoms with Crippen LogP contribution >= 0.6 is 0 Å². The van der Waals surface area contributed by atoms with Gasteiger partial charge in [0.2, 0.25) is 0 Å². The van der Waals surface area contributed by atoms with E-state index in [4.69, 9.17) is 4.42 Å². The Morgan fingerprint density at radius 2 is 2.00 bits per heavy atom. The normalized spacial score (nSPS) is 10.6. The van der Waals surface area contributed by atoms with Gasteiger partial charge >= 0.3 is 0 Å². The second-order valence-corrected chi connectivity index (χ2v) is 3.64. The van der Waals surface area contributed by atoms with Crippen molar-refractivity contribution in [2.45, 2.75) is 13.8 Å². The predicted molar refractivity (Wildman–Crippen MR) is 58.9 cm³/mol. The molecule has 0 unspecified atom stereocenters. The van der Waals surface area contributed by atoms with Crippen LogP contribution in [0.4, 0.5) is 0 Å². The van der Waals surface area contributed by atoms with Crippen molar-refractivity contribution < 1.29 is 14.3 Å². The number of carbonyl (C=O) groups excluding carboxylic acids is 1. The minimum Gasteiger partial charge on any atom is -0.508 e. The summed E-state index contributed by atoms with van der Waals surface area (Å²) in [5.41, 5.74) is 0.142. The highest BCUT2D eigenvalue weighted by Gasteiger charge is 2.13. The maximum atomic E-state index is 11.7. The standard InChI is InChI=1S/C12H10O4/c1-6-3-10(15)12-9(7(2)13)4-8(14)5-11(12)16-6/h3-5,14H,1-2H3. The Morgan fingerprint density at radius 3 is 2.62 bits per heavy atom. The minimum absolute atomic E-state index is 0.0912. The molecule has 0 amide bonds. The average Bonchev–Trinajstić information content (AvgIpc) is 2.14. The molecule has 0 spiro atoms. The average molecular weight is 218 g/mol. The van der Waals surface area contributed by atoms with Gasteiger partial charge in [-0.2, -0.15) is 0 Å². The molecular formula is C12H10O4. The zero-order valence-electron chi connectivity index (χ0n) is 8.90. The quantitative estimate of drug-likeness (QED) is 0.743. The molecule has 0 fully saturated rings. The molecule has 2 rings (SSSR count). The van der Waals surface area contributed by atoms with Crippen LogP contribution in [-0.4, -0.2) is 10.9 Å². The molecule has 0 aliphatic carbocycles. The molecule has 0 saturated heterocycles. The zero-order chi connectivity index (χ0) is 11.9. The molecule has 16 heavy (non-hydrogen) atoms. The number of carbonyl (C=O) groups is 1. The van der Waals surface area contributed by atoms with Crippen molar-refractivity contribution >= 4 is 16.8 Å². The number of fused-ring (bicyclic) bond motifs is 1. The summed E-state index contributed by atoms with van der Waals surface area (Å²) in [5, 5.41) is 9.65. The number of rotatable bonds is 1. The van der Waals surface area contributed by atoms with Crippen molar-refractivity contribution in [2.24, 2.45) is 0 Å². The number of hydrogen-bond acceptors (Lipinski definition) is 4. The first-order valence-electron chi connectivity index (χ1n) is 4.77. The van der Waals surface area contributed by atoms with Gasteiger partial charge in [0.1, 0.15) is 17.1 Å². The van der Waals surface area contributed by atoms with Crippen LogP contribution in [0.2, 0.25) is 0 Å². The molecule has 1 aromatic heterocycles. The molecule has 0 aliphatic rings. The lowest BCUT2D eigenvalue weighted by molar-refractivity contribution is 0.101. The van der Waals surface area contributed by atoms with Crippen molar-refractivity contribution in [3.8, 4) is 5.75 Å². The molecule has 4 nitrogen and oxygen atoms in total. The molecule has 0 saturated carbocycles. The van der Waals surface area contributed by atoms with E-state index in [1.54, 1.807) is 6.92 Å². The van der Waals surface area contributed by atoms with Crippen LogP contribution < -0.4 is 5.43 Å². The Morgan fingerprint density at radius 1 is 1.31 bits per heavy atom. The lowest BCUT2D eigenvalue weighted by atomic mass is 10.1. The van der Waals surface area contributed by atoms with Gasteiger partial charge in [-0.1, -0.05) is 0 Å². The fraction of sp³-hybridized carbons (Fsp3) is 0.167. The summed E-state index contributed by atoms with van der Waals surface area (Å²) in [4.78, 5) is 23.1. The second-order valence-electron chi connectivity index (χ2n) is 3.64. The van der Waals surface area contributed by atoms with Gasteiger partial charge in [-0.05, 0) is 19.9 Å². The van der Waals surface area contributed by atoms with E-state index in [0.29, 0.717) is 5.76 Å². The maximum absolute atomic E-state index is 11.7. The van der Waals surface area contributed by atoms with Crippen molar-refractivity contribution in [3.05, 3.63) is 39.7 Å². The molecular weight excluding hydrogens is 208 g/mol. The monoisotopic (exact) mass is 218 g/mol. The number of phenols is 1. The van der Waals surface area contributed by atoms with E-state index in [9.17, 15) is 14.7 Å². The van der Waals surface area contributed by atoms with Crippen LogP contribution in [0.1, 0.15) is 23.0 Å². The van der Waals surface area contributed by atoms with Gasteiger partial charge in [-0.25, -0.2) is 0 Å². The first-order valence-corrected chi connectivity index (χ1v) is 4.77. The Bertz CT molecular complexity index is 632. The van der Waals surface area contributed by atoms with Gasteiger partial charge in [0.15, 0.2) is 11.2 Å². The Balaban J connectivity index is 3.01. The Hall–Kier alpha value is -2.10. The molecule has 1 heterocycles. The van der Waals surface area contributed by atoms with Crippen LogP contribution in [0, 0.1) is 6.92 Å². The van der Waals surface area contributed by atoms with Crippen molar-refractivity contribution in [3.63, 3.8) is 0 Å². The fourth-order valence-electron chi connectivity index (χ4n) is 1.67. The highest BCUT2D eigenvalue weighted by molar-refractivity contribution is 6.06.